The molecule has 1 unspecified atom stereocenters. The maximum absolute atomic E-state index is 12.6. The first-order chi connectivity index (χ1) is 9.66. The third-order valence-electron chi connectivity index (χ3n) is 3.92. The van der Waals surface area contributed by atoms with Crippen molar-refractivity contribution in [1.82, 2.24) is 8.61 Å². The van der Waals surface area contributed by atoms with Gasteiger partial charge in [-0.05, 0) is 33.6 Å². The molecule has 21 heavy (non-hydrogen) atoms. The van der Waals surface area contributed by atoms with Crippen LogP contribution in [0.25, 0.3) is 0 Å². The number of piperidine rings is 1. The van der Waals surface area contributed by atoms with Crippen molar-refractivity contribution in [3.8, 4) is 0 Å². The first kappa shape index (κ1) is 18.3. The Labute approximate surface area is 127 Å². The van der Waals surface area contributed by atoms with Crippen LogP contribution >= 0.6 is 0 Å². The number of esters is 1. The molecular formula is C13H26N2O5S. The Hall–Kier alpha value is -0.700. The van der Waals surface area contributed by atoms with Gasteiger partial charge in [-0.15, -0.1) is 0 Å². The summed E-state index contributed by atoms with van der Waals surface area (Å²) in [4.78, 5) is 11.8. The number of carbonyl (C=O) groups is 1. The zero-order valence-electron chi connectivity index (χ0n) is 13.2. The molecule has 8 heteroatoms. The van der Waals surface area contributed by atoms with Gasteiger partial charge in [0.2, 0.25) is 0 Å². The molecule has 1 aliphatic heterocycles. The molecule has 0 bridgehead atoms. The normalized spacial score (nSPS) is 21.5. The summed E-state index contributed by atoms with van der Waals surface area (Å²) < 4.78 is 32.7. The summed E-state index contributed by atoms with van der Waals surface area (Å²) in [6.45, 7) is 5.55. The number of carbonyl (C=O) groups excluding carboxylic acids is 1. The predicted molar refractivity (Wildman–Crippen MR) is 78.8 cm³/mol. The predicted octanol–water partition coefficient (Wildman–Crippen LogP) is 0.209. The molecule has 7 nitrogen and oxygen atoms in total. The van der Waals surface area contributed by atoms with Gasteiger partial charge in [-0.1, -0.05) is 0 Å². The molecule has 0 radical (unpaired) electrons. The summed E-state index contributed by atoms with van der Waals surface area (Å²) in [5, 5.41) is 9.34. The van der Waals surface area contributed by atoms with Gasteiger partial charge in [0.25, 0.3) is 10.2 Å². The van der Waals surface area contributed by atoms with E-state index in [4.69, 9.17) is 4.74 Å². The topological polar surface area (TPSA) is 87.2 Å². The van der Waals surface area contributed by atoms with Crippen molar-refractivity contribution in [1.29, 1.82) is 0 Å². The zero-order chi connectivity index (χ0) is 16.3. The Balaban J connectivity index is 2.86. The fraction of sp³-hybridized carbons (Fsp3) is 0.923. The van der Waals surface area contributed by atoms with Gasteiger partial charge in [0.05, 0.1) is 24.7 Å². The molecule has 1 fully saturated rings. The summed E-state index contributed by atoms with van der Waals surface area (Å²) in [5.74, 6) is -0.763. The van der Waals surface area contributed by atoms with E-state index in [-0.39, 0.29) is 19.1 Å². The van der Waals surface area contributed by atoms with Crippen molar-refractivity contribution in [2.45, 2.75) is 39.2 Å². The SMILES string of the molecule is CCOC(=O)C1CCCN(S(=O)(=O)N(C)C(C)(C)CO)C1. The Morgan fingerprint density at radius 3 is 2.62 bits per heavy atom. The van der Waals surface area contributed by atoms with E-state index in [1.54, 1.807) is 20.8 Å². The van der Waals surface area contributed by atoms with Crippen LogP contribution in [-0.2, 0) is 19.7 Å². The smallest absolute Gasteiger partial charge is 0.310 e. The van der Waals surface area contributed by atoms with Crippen molar-refractivity contribution in [2.75, 3.05) is 33.4 Å². The van der Waals surface area contributed by atoms with Crippen molar-refractivity contribution < 1.29 is 23.1 Å². The number of ether oxygens (including phenoxy) is 1. The monoisotopic (exact) mass is 322 g/mol. The van der Waals surface area contributed by atoms with E-state index in [1.165, 1.54) is 11.4 Å². The van der Waals surface area contributed by atoms with Crippen molar-refractivity contribution in [2.24, 2.45) is 5.92 Å². The minimum absolute atomic E-state index is 0.132. The van der Waals surface area contributed by atoms with E-state index < -0.39 is 21.7 Å². The number of aliphatic hydroxyl groups is 1. The van der Waals surface area contributed by atoms with Crippen LogP contribution in [0.5, 0.6) is 0 Å². The molecule has 1 heterocycles. The lowest BCUT2D eigenvalue weighted by molar-refractivity contribution is -0.149. The molecule has 0 aromatic rings. The van der Waals surface area contributed by atoms with Gasteiger partial charge < -0.3 is 9.84 Å². The second-order valence-electron chi connectivity index (χ2n) is 5.90. The second-order valence-corrected chi connectivity index (χ2v) is 7.85. The Kier molecular flexibility index (Phi) is 6.15. The first-order valence-electron chi connectivity index (χ1n) is 7.18. The number of rotatable bonds is 6. The molecule has 0 saturated carbocycles. The summed E-state index contributed by atoms with van der Waals surface area (Å²) >= 11 is 0. The van der Waals surface area contributed by atoms with E-state index in [0.717, 1.165) is 4.31 Å². The van der Waals surface area contributed by atoms with Crippen molar-refractivity contribution in [3.05, 3.63) is 0 Å². The van der Waals surface area contributed by atoms with Gasteiger partial charge in [0.1, 0.15) is 0 Å². The second kappa shape index (κ2) is 7.04. The highest BCUT2D eigenvalue weighted by Gasteiger charge is 2.40. The standard InChI is InChI=1S/C13H26N2O5S/c1-5-20-12(17)11-7-6-8-15(9-11)21(18,19)14(4)13(2,3)10-16/h11,16H,5-10H2,1-4H3. The number of likely N-dealkylation sites (N-methyl/N-ethyl adjacent to an activating group) is 1. The third kappa shape index (κ3) is 4.15. The van der Waals surface area contributed by atoms with Crippen molar-refractivity contribution in [3.63, 3.8) is 0 Å². The van der Waals surface area contributed by atoms with Crippen molar-refractivity contribution >= 4 is 16.2 Å². The van der Waals surface area contributed by atoms with E-state index in [1.807, 2.05) is 0 Å². The lowest BCUT2D eigenvalue weighted by Crippen LogP contribution is -2.55. The van der Waals surface area contributed by atoms with Gasteiger partial charge in [-0.2, -0.15) is 17.0 Å². The summed E-state index contributed by atoms with van der Waals surface area (Å²) in [5.41, 5.74) is -0.893. The van der Waals surface area contributed by atoms with Crippen LogP contribution in [0.2, 0.25) is 0 Å². The largest absolute Gasteiger partial charge is 0.466 e. The highest BCUT2D eigenvalue weighted by Crippen LogP contribution is 2.25. The molecule has 1 N–H and O–H groups in total. The lowest BCUT2D eigenvalue weighted by atomic mass is 10.0. The summed E-state index contributed by atoms with van der Waals surface area (Å²) in [6, 6.07) is 0. The molecule has 0 amide bonds. The number of hydrogen-bond donors (Lipinski definition) is 1. The van der Waals surface area contributed by atoms with E-state index >= 15 is 0 Å². The number of hydrogen-bond acceptors (Lipinski definition) is 5. The molecule has 0 aromatic carbocycles. The Morgan fingerprint density at radius 1 is 1.48 bits per heavy atom. The molecule has 1 saturated heterocycles. The average Bonchev–Trinajstić information content (AvgIpc) is 2.46. The molecule has 0 spiro atoms. The molecule has 1 atom stereocenters. The van der Waals surface area contributed by atoms with Crippen LogP contribution < -0.4 is 0 Å². The van der Waals surface area contributed by atoms with Gasteiger partial charge in [-0.25, -0.2) is 0 Å². The van der Waals surface area contributed by atoms with Crippen LogP contribution in [-0.4, -0.2) is 67.0 Å². The third-order valence-corrected chi connectivity index (χ3v) is 6.09. The van der Waals surface area contributed by atoms with E-state index in [0.29, 0.717) is 26.0 Å². The average molecular weight is 322 g/mol. The molecule has 0 aromatic heterocycles. The van der Waals surface area contributed by atoms with Crippen LogP contribution in [0.15, 0.2) is 0 Å². The van der Waals surface area contributed by atoms with Crippen LogP contribution in [0.4, 0.5) is 0 Å². The molecule has 124 valence electrons. The molecular weight excluding hydrogens is 296 g/mol. The fourth-order valence-corrected chi connectivity index (χ4v) is 3.95. The number of aliphatic hydroxyl groups excluding tert-OH is 1. The minimum Gasteiger partial charge on any atom is -0.466 e. The van der Waals surface area contributed by atoms with E-state index in [9.17, 15) is 18.3 Å². The Morgan fingerprint density at radius 2 is 2.10 bits per heavy atom. The molecule has 1 rings (SSSR count). The molecule has 1 aliphatic rings. The maximum Gasteiger partial charge on any atom is 0.310 e. The lowest BCUT2D eigenvalue weighted by Gasteiger charge is -2.39. The zero-order valence-corrected chi connectivity index (χ0v) is 14.0. The summed E-state index contributed by atoms with van der Waals surface area (Å²) in [7, 11) is -2.27. The minimum atomic E-state index is -3.71. The van der Waals surface area contributed by atoms with Gasteiger partial charge in [0.15, 0.2) is 0 Å². The van der Waals surface area contributed by atoms with Gasteiger partial charge in [-0.3, -0.25) is 4.79 Å². The first-order valence-corrected chi connectivity index (χ1v) is 8.58. The highest BCUT2D eigenvalue weighted by atomic mass is 32.2. The van der Waals surface area contributed by atoms with Crippen LogP contribution in [0.1, 0.15) is 33.6 Å². The van der Waals surface area contributed by atoms with Crippen LogP contribution in [0.3, 0.4) is 0 Å². The van der Waals surface area contributed by atoms with Gasteiger partial charge >= 0.3 is 5.97 Å². The number of nitrogens with zero attached hydrogens (tertiary/aromatic N) is 2. The van der Waals surface area contributed by atoms with Gasteiger partial charge in [0, 0.05) is 20.1 Å². The fourth-order valence-electron chi connectivity index (χ4n) is 2.19. The maximum atomic E-state index is 12.6. The molecule has 0 aliphatic carbocycles. The Bertz CT molecular complexity index is 463. The van der Waals surface area contributed by atoms with Crippen LogP contribution in [0, 0.1) is 5.92 Å². The summed E-state index contributed by atoms with van der Waals surface area (Å²) in [6.07, 6.45) is 1.26. The van der Waals surface area contributed by atoms with E-state index in [2.05, 4.69) is 0 Å². The highest BCUT2D eigenvalue weighted by molar-refractivity contribution is 7.86. The quantitative estimate of drug-likeness (QED) is 0.706.